The average Bonchev–Trinajstić information content (AvgIpc) is 3.34. The number of carbonyl (C=O) groups excluding carboxylic acids is 1. The van der Waals surface area contributed by atoms with Gasteiger partial charge in [-0.1, -0.05) is 54.1 Å². The lowest BCUT2D eigenvalue weighted by molar-refractivity contribution is 0.0943. The minimum atomic E-state index is -0.245. The molecule has 6 heteroatoms. The maximum absolute atomic E-state index is 12.9. The summed E-state index contributed by atoms with van der Waals surface area (Å²) in [6.07, 6.45) is 0. The molecule has 2 heterocycles. The number of benzene rings is 2. The molecule has 140 valence electrons. The Morgan fingerprint density at radius 3 is 2.54 bits per heavy atom. The fourth-order valence-electron chi connectivity index (χ4n) is 2.91. The van der Waals surface area contributed by atoms with Crippen LogP contribution in [-0.4, -0.2) is 15.7 Å². The Balaban J connectivity index is 1.71. The van der Waals surface area contributed by atoms with Crippen LogP contribution in [0.15, 0.2) is 77.2 Å². The molecular formula is C22H18ClN3O2. The predicted molar refractivity (Wildman–Crippen MR) is 109 cm³/mol. The Labute approximate surface area is 167 Å². The second kappa shape index (κ2) is 7.74. The number of carbonyl (C=O) groups is 1. The van der Waals surface area contributed by atoms with Crippen molar-refractivity contribution >= 4 is 17.5 Å². The molecule has 0 radical (unpaired) electrons. The van der Waals surface area contributed by atoms with Crippen molar-refractivity contribution in [2.75, 3.05) is 0 Å². The average molecular weight is 392 g/mol. The van der Waals surface area contributed by atoms with E-state index in [4.69, 9.17) is 16.0 Å². The Hall–Kier alpha value is -3.31. The minimum absolute atomic E-state index is 0.245. The molecule has 0 aliphatic rings. The normalized spacial score (nSPS) is 10.8. The summed E-state index contributed by atoms with van der Waals surface area (Å²) in [4.78, 5) is 12.9. The number of aryl methyl sites for hydroxylation is 1. The minimum Gasteiger partial charge on any atom is -0.460 e. The molecule has 0 bridgehead atoms. The van der Waals surface area contributed by atoms with E-state index in [1.807, 2.05) is 67.6 Å². The first-order valence-corrected chi connectivity index (χ1v) is 9.23. The molecule has 0 fully saturated rings. The van der Waals surface area contributed by atoms with Crippen molar-refractivity contribution in [3.05, 3.63) is 94.8 Å². The van der Waals surface area contributed by atoms with E-state index in [1.165, 1.54) is 0 Å². The Kier molecular flexibility index (Phi) is 5.00. The zero-order valence-electron chi connectivity index (χ0n) is 15.2. The second-order valence-electron chi connectivity index (χ2n) is 6.36. The maximum atomic E-state index is 12.9. The van der Waals surface area contributed by atoms with Crippen LogP contribution in [0.5, 0.6) is 0 Å². The molecule has 1 N–H and O–H groups in total. The van der Waals surface area contributed by atoms with Gasteiger partial charge in [0.25, 0.3) is 5.91 Å². The molecule has 5 nitrogen and oxygen atoms in total. The molecule has 4 aromatic rings. The van der Waals surface area contributed by atoms with Crippen LogP contribution in [0.2, 0.25) is 5.02 Å². The van der Waals surface area contributed by atoms with Gasteiger partial charge < -0.3 is 9.73 Å². The van der Waals surface area contributed by atoms with E-state index in [9.17, 15) is 4.79 Å². The first-order chi connectivity index (χ1) is 13.6. The van der Waals surface area contributed by atoms with Crippen LogP contribution in [0, 0.1) is 6.92 Å². The lowest BCUT2D eigenvalue weighted by atomic mass is 10.2. The van der Waals surface area contributed by atoms with Crippen molar-refractivity contribution in [2.45, 2.75) is 13.5 Å². The van der Waals surface area contributed by atoms with Crippen LogP contribution in [-0.2, 0) is 6.54 Å². The molecule has 0 aliphatic heterocycles. The summed E-state index contributed by atoms with van der Waals surface area (Å²) in [6, 6.07) is 22.4. The highest BCUT2D eigenvalue weighted by Crippen LogP contribution is 2.26. The van der Waals surface area contributed by atoms with Crippen LogP contribution in [0.1, 0.15) is 21.8 Å². The van der Waals surface area contributed by atoms with Gasteiger partial charge >= 0.3 is 0 Å². The van der Waals surface area contributed by atoms with Gasteiger partial charge in [0.05, 0.1) is 10.7 Å². The fourth-order valence-corrected chi connectivity index (χ4v) is 3.13. The van der Waals surface area contributed by atoms with Crippen molar-refractivity contribution in [1.29, 1.82) is 0 Å². The van der Waals surface area contributed by atoms with E-state index in [0.717, 1.165) is 11.3 Å². The van der Waals surface area contributed by atoms with Crippen molar-refractivity contribution in [1.82, 2.24) is 15.1 Å². The molecule has 0 aliphatic carbocycles. The van der Waals surface area contributed by atoms with Crippen LogP contribution in [0.4, 0.5) is 0 Å². The van der Waals surface area contributed by atoms with E-state index in [0.29, 0.717) is 34.4 Å². The van der Waals surface area contributed by atoms with Gasteiger partial charge in [-0.3, -0.25) is 4.79 Å². The highest BCUT2D eigenvalue weighted by Gasteiger charge is 2.20. The van der Waals surface area contributed by atoms with Gasteiger partial charge in [0, 0.05) is 12.6 Å². The highest BCUT2D eigenvalue weighted by atomic mass is 35.5. The lowest BCUT2D eigenvalue weighted by Gasteiger charge is -2.09. The number of furan rings is 1. The van der Waals surface area contributed by atoms with E-state index in [2.05, 4.69) is 10.4 Å². The van der Waals surface area contributed by atoms with E-state index in [-0.39, 0.29) is 5.91 Å². The third kappa shape index (κ3) is 3.70. The molecule has 1 amide bonds. The smallest absolute Gasteiger partial charge is 0.270 e. The van der Waals surface area contributed by atoms with Crippen molar-refractivity contribution < 1.29 is 9.21 Å². The van der Waals surface area contributed by atoms with Gasteiger partial charge in [0.1, 0.15) is 17.1 Å². The third-order valence-electron chi connectivity index (χ3n) is 4.31. The maximum Gasteiger partial charge on any atom is 0.270 e. The molecule has 0 saturated carbocycles. The molecule has 0 saturated heterocycles. The quantitative estimate of drug-likeness (QED) is 0.519. The number of nitrogens with one attached hydrogen (secondary N) is 1. The number of rotatable bonds is 5. The Morgan fingerprint density at radius 1 is 1.07 bits per heavy atom. The number of hydrogen-bond acceptors (Lipinski definition) is 3. The molecule has 0 unspecified atom stereocenters. The number of hydrogen-bond donors (Lipinski definition) is 1. The van der Waals surface area contributed by atoms with Crippen LogP contribution in [0.3, 0.4) is 0 Å². The van der Waals surface area contributed by atoms with E-state index < -0.39 is 0 Å². The number of para-hydroxylation sites is 1. The molecule has 4 rings (SSSR count). The van der Waals surface area contributed by atoms with Gasteiger partial charge in [0.2, 0.25) is 0 Å². The summed E-state index contributed by atoms with van der Waals surface area (Å²) in [5.41, 5.74) is 2.59. The lowest BCUT2D eigenvalue weighted by Crippen LogP contribution is -2.25. The Morgan fingerprint density at radius 2 is 1.82 bits per heavy atom. The van der Waals surface area contributed by atoms with Crippen molar-refractivity contribution in [2.24, 2.45) is 0 Å². The van der Waals surface area contributed by atoms with E-state index >= 15 is 0 Å². The first kappa shape index (κ1) is 18.1. The SMILES string of the molecule is Cc1ccc(-c2cc(C(=O)NCc3ccccc3)n(-c3ccccc3Cl)n2)o1. The van der Waals surface area contributed by atoms with Gasteiger partial charge in [0.15, 0.2) is 5.76 Å². The largest absolute Gasteiger partial charge is 0.460 e. The summed E-state index contributed by atoms with van der Waals surface area (Å²) >= 11 is 6.35. The number of halogens is 1. The summed E-state index contributed by atoms with van der Waals surface area (Å²) in [7, 11) is 0. The second-order valence-corrected chi connectivity index (χ2v) is 6.76. The van der Waals surface area contributed by atoms with Crippen LogP contribution in [0.25, 0.3) is 17.1 Å². The monoisotopic (exact) mass is 391 g/mol. The zero-order valence-corrected chi connectivity index (χ0v) is 16.0. The molecule has 0 atom stereocenters. The summed E-state index contributed by atoms with van der Waals surface area (Å²) in [5.74, 6) is 1.13. The highest BCUT2D eigenvalue weighted by molar-refractivity contribution is 6.32. The topological polar surface area (TPSA) is 60.1 Å². The molecule has 2 aromatic heterocycles. The standard InChI is InChI=1S/C22H18ClN3O2/c1-15-11-12-21(28-15)18-13-20(22(27)24-14-16-7-3-2-4-8-16)26(25-18)19-10-6-5-9-17(19)23/h2-13H,14H2,1H3,(H,24,27). The zero-order chi connectivity index (χ0) is 19.5. The number of amides is 1. The van der Waals surface area contributed by atoms with E-state index in [1.54, 1.807) is 16.8 Å². The van der Waals surface area contributed by atoms with Gasteiger partial charge in [-0.2, -0.15) is 5.10 Å². The Bertz CT molecular complexity index is 1120. The number of nitrogens with zero attached hydrogens (tertiary/aromatic N) is 2. The third-order valence-corrected chi connectivity index (χ3v) is 4.63. The summed E-state index contributed by atoms with van der Waals surface area (Å²) in [5, 5.41) is 8.02. The fraction of sp³-hybridized carbons (Fsp3) is 0.0909. The van der Waals surface area contributed by atoms with Crippen LogP contribution < -0.4 is 5.32 Å². The van der Waals surface area contributed by atoms with Crippen molar-refractivity contribution in [3.63, 3.8) is 0 Å². The molecule has 0 spiro atoms. The molecular weight excluding hydrogens is 374 g/mol. The van der Waals surface area contributed by atoms with Crippen LogP contribution >= 0.6 is 11.6 Å². The van der Waals surface area contributed by atoms with Gasteiger partial charge in [-0.15, -0.1) is 0 Å². The molecule has 2 aromatic carbocycles. The number of aromatic nitrogens is 2. The molecule has 28 heavy (non-hydrogen) atoms. The predicted octanol–water partition coefficient (Wildman–Crippen LogP) is 5.02. The summed E-state index contributed by atoms with van der Waals surface area (Å²) < 4.78 is 7.22. The van der Waals surface area contributed by atoms with Crippen molar-refractivity contribution in [3.8, 4) is 17.1 Å². The van der Waals surface area contributed by atoms with Gasteiger partial charge in [-0.05, 0) is 36.8 Å². The summed E-state index contributed by atoms with van der Waals surface area (Å²) in [6.45, 7) is 2.28. The van der Waals surface area contributed by atoms with Gasteiger partial charge in [-0.25, -0.2) is 4.68 Å². The first-order valence-electron chi connectivity index (χ1n) is 8.86.